The van der Waals surface area contributed by atoms with E-state index in [2.05, 4.69) is 5.32 Å². The molecule has 1 aromatic carbocycles. The van der Waals surface area contributed by atoms with Crippen molar-refractivity contribution >= 4 is 34.8 Å². The van der Waals surface area contributed by atoms with Gasteiger partial charge in [0.2, 0.25) is 3.79 Å². The number of nitrogens with one attached hydrogen (secondary N) is 1. The van der Waals surface area contributed by atoms with E-state index in [0.717, 1.165) is 5.56 Å². The van der Waals surface area contributed by atoms with Gasteiger partial charge in [0, 0.05) is 6.54 Å². The molecule has 0 heterocycles. The molecule has 14 heavy (non-hydrogen) atoms. The molecule has 2 nitrogen and oxygen atoms in total. The van der Waals surface area contributed by atoms with E-state index in [-0.39, 0.29) is 0 Å². The van der Waals surface area contributed by atoms with Crippen LogP contribution in [0.4, 0.5) is 0 Å². The van der Waals surface area contributed by atoms with Crippen LogP contribution in [0, 0.1) is 0 Å². The summed E-state index contributed by atoms with van der Waals surface area (Å²) >= 11 is 16.4. The first kappa shape index (κ1) is 12.1. The van der Waals surface area contributed by atoms with Gasteiger partial charge in [0.1, 0.15) is 0 Å². The highest BCUT2D eigenvalue weighted by Gasteiger charge is 2.30. The van der Waals surface area contributed by atoms with Gasteiger partial charge in [-0.05, 0) is 5.56 Å². The Morgan fingerprint density at radius 3 is 2.29 bits per heavy atom. The second-order valence-corrected chi connectivity index (χ2v) is 5.18. The lowest BCUT2D eigenvalue weighted by Crippen LogP contribution is -2.39. The van der Waals surface area contributed by atoms with Gasteiger partial charge >= 0.3 is 0 Å². The van der Waals surface area contributed by atoms with Gasteiger partial charge in [0.05, 0.1) is 0 Å². The molecule has 1 atom stereocenters. The van der Waals surface area contributed by atoms with E-state index >= 15 is 0 Å². The molecule has 78 valence electrons. The van der Waals surface area contributed by atoms with E-state index in [1.54, 1.807) is 0 Å². The molecule has 1 rings (SSSR count). The summed E-state index contributed by atoms with van der Waals surface area (Å²) in [6.07, 6.45) is -1.17. The fraction of sp³-hybridized carbons (Fsp3) is 0.333. The Labute approximate surface area is 97.8 Å². The largest absolute Gasteiger partial charge is 0.374 e. The second-order valence-electron chi connectivity index (χ2n) is 2.81. The van der Waals surface area contributed by atoms with Crippen LogP contribution in [0.15, 0.2) is 30.3 Å². The minimum Gasteiger partial charge on any atom is -0.374 e. The Morgan fingerprint density at radius 1 is 1.21 bits per heavy atom. The highest BCUT2D eigenvalue weighted by molar-refractivity contribution is 6.68. The van der Waals surface area contributed by atoms with E-state index in [1.165, 1.54) is 0 Å². The van der Waals surface area contributed by atoms with Crippen molar-refractivity contribution in [3.8, 4) is 0 Å². The third-order valence-corrected chi connectivity index (χ3v) is 2.27. The summed E-state index contributed by atoms with van der Waals surface area (Å²) in [6, 6.07) is 9.54. The summed E-state index contributed by atoms with van der Waals surface area (Å²) in [7, 11) is 0. The lowest BCUT2D eigenvalue weighted by Gasteiger charge is -2.19. The molecule has 0 amide bonds. The Bertz CT molecular complexity index is 273. The summed E-state index contributed by atoms with van der Waals surface area (Å²) in [5, 5.41) is 12.0. The van der Waals surface area contributed by atoms with Crippen LogP contribution in [-0.4, -0.2) is 15.1 Å². The highest BCUT2D eigenvalue weighted by atomic mass is 35.6. The lowest BCUT2D eigenvalue weighted by molar-refractivity contribution is 0.139. The Hall–Kier alpha value is 0.01000. The first-order chi connectivity index (χ1) is 6.50. The molecule has 1 unspecified atom stereocenters. The Balaban J connectivity index is 2.42. The summed E-state index contributed by atoms with van der Waals surface area (Å²) in [4.78, 5) is 0. The Kier molecular flexibility index (Phi) is 4.48. The van der Waals surface area contributed by atoms with Crippen LogP contribution < -0.4 is 5.32 Å². The van der Waals surface area contributed by atoms with Gasteiger partial charge in [-0.25, -0.2) is 0 Å². The predicted molar refractivity (Wildman–Crippen MR) is 59.6 cm³/mol. The summed E-state index contributed by atoms with van der Waals surface area (Å²) in [6.45, 7) is 0.454. The highest BCUT2D eigenvalue weighted by Crippen LogP contribution is 2.28. The number of rotatable bonds is 3. The molecule has 0 aliphatic carbocycles. The van der Waals surface area contributed by atoms with E-state index in [1.807, 2.05) is 30.3 Å². The summed E-state index contributed by atoms with van der Waals surface area (Å²) in [5.74, 6) is 0. The SMILES string of the molecule is OC(NCc1ccccc1)C(Cl)(Cl)Cl. The van der Waals surface area contributed by atoms with Crippen molar-refractivity contribution < 1.29 is 5.11 Å². The van der Waals surface area contributed by atoms with Crippen LogP contribution in [-0.2, 0) is 6.54 Å². The topological polar surface area (TPSA) is 32.3 Å². The lowest BCUT2D eigenvalue weighted by atomic mass is 10.2. The quantitative estimate of drug-likeness (QED) is 0.641. The Morgan fingerprint density at radius 2 is 1.79 bits per heavy atom. The molecule has 0 saturated carbocycles. The molecular formula is C9H10Cl3NO. The van der Waals surface area contributed by atoms with Crippen molar-refractivity contribution in [2.75, 3.05) is 0 Å². The zero-order valence-corrected chi connectivity index (χ0v) is 9.52. The fourth-order valence-electron chi connectivity index (χ4n) is 0.926. The van der Waals surface area contributed by atoms with Gasteiger partial charge in [-0.3, -0.25) is 5.32 Å². The number of alkyl halides is 3. The zero-order valence-electron chi connectivity index (χ0n) is 7.25. The normalized spacial score (nSPS) is 14.0. The molecule has 2 N–H and O–H groups in total. The second kappa shape index (κ2) is 5.19. The number of hydrogen-bond donors (Lipinski definition) is 2. The van der Waals surface area contributed by atoms with Gasteiger partial charge in [-0.2, -0.15) is 0 Å². The van der Waals surface area contributed by atoms with E-state index in [9.17, 15) is 5.11 Å². The number of aliphatic hydroxyl groups is 1. The van der Waals surface area contributed by atoms with Crippen molar-refractivity contribution in [2.24, 2.45) is 0 Å². The fourth-order valence-corrected chi connectivity index (χ4v) is 1.16. The number of aliphatic hydroxyl groups excluding tert-OH is 1. The van der Waals surface area contributed by atoms with Gasteiger partial charge < -0.3 is 5.11 Å². The van der Waals surface area contributed by atoms with Crippen molar-refractivity contribution in [3.63, 3.8) is 0 Å². The van der Waals surface area contributed by atoms with Crippen LogP contribution in [0.5, 0.6) is 0 Å². The van der Waals surface area contributed by atoms with Gasteiger partial charge in [-0.1, -0.05) is 65.1 Å². The van der Waals surface area contributed by atoms with Crippen molar-refractivity contribution in [2.45, 2.75) is 16.6 Å². The zero-order chi connectivity index (χ0) is 10.6. The van der Waals surface area contributed by atoms with Gasteiger partial charge in [0.15, 0.2) is 6.23 Å². The molecular weight excluding hydrogens is 244 g/mol. The third kappa shape index (κ3) is 4.03. The van der Waals surface area contributed by atoms with E-state index in [0.29, 0.717) is 6.54 Å². The van der Waals surface area contributed by atoms with Crippen LogP contribution in [0.2, 0.25) is 0 Å². The number of halogens is 3. The van der Waals surface area contributed by atoms with Crippen molar-refractivity contribution in [1.82, 2.24) is 5.32 Å². The first-order valence-electron chi connectivity index (χ1n) is 4.02. The minimum atomic E-state index is -1.70. The van der Waals surface area contributed by atoms with Gasteiger partial charge in [0.25, 0.3) is 0 Å². The molecule has 0 saturated heterocycles. The smallest absolute Gasteiger partial charge is 0.229 e. The molecule has 0 fully saturated rings. The maximum Gasteiger partial charge on any atom is 0.229 e. The maximum atomic E-state index is 9.34. The molecule has 1 aromatic rings. The average molecular weight is 255 g/mol. The van der Waals surface area contributed by atoms with Crippen LogP contribution in [0.25, 0.3) is 0 Å². The standard InChI is InChI=1S/C9H10Cl3NO/c10-9(11,12)8(14)13-6-7-4-2-1-3-5-7/h1-5,8,13-14H,6H2. The molecule has 0 aliphatic rings. The van der Waals surface area contributed by atoms with Gasteiger partial charge in [-0.15, -0.1) is 0 Å². The van der Waals surface area contributed by atoms with Crippen LogP contribution in [0.3, 0.4) is 0 Å². The molecule has 0 aliphatic heterocycles. The first-order valence-corrected chi connectivity index (χ1v) is 5.15. The monoisotopic (exact) mass is 253 g/mol. The molecule has 0 radical (unpaired) electrons. The number of benzene rings is 1. The van der Waals surface area contributed by atoms with Crippen molar-refractivity contribution in [3.05, 3.63) is 35.9 Å². The molecule has 5 heteroatoms. The van der Waals surface area contributed by atoms with Crippen LogP contribution in [0.1, 0.15) is 5.56 Å². The predicted octanol–water partition coefficient (Wildman–Crippen LogP) is 2.46. The van der Waals surface area contributed by atoms with Crippen molar-refractivity contribution in [1.29, 1.82) is 0 Å². The third-order valence-electron chi connectivity index (χ3n) is 1.65. The maximum absolute atomic E-state index is 9.34. The summed E-state index contributed by atoms with van der Waals surface area (Å²) in [5.41, 5.74) is 1.01. The summed E-state index contributed by atoms with van der Waals surface area (Å²) < 4.78 is -1.70. The molecule has 0 spiro atoms. The van der Waals surface area contributed by atoms with E-state index < -0.39 is 10.0 Å². The average Bonchev–Trinajstić information content (AvgIpc) is 2.14. The van der Waals surface area contributed by atoms with E-state index in [4.69, 9.17) is 34.8 Å². The number of hydrogen-bond acceptors (Lipinski definition) is 2. The molecule has 0 aromatic heterocycles. The minimum absolute atomic E-state index is 0.454. The van der Waals surface area contributed by atoms with Crippen LogP contribution >= 0.6 is 34.8 Å². The molecule has 0 bridgehead atoms.